The molecular weight excluding hydrogens is 418 g/mol. The summed E-state index contributed by atoms with van der Waals surface area (Å²) < 4.78 is 0. The third-order valence-electron chi connectivity index (χ3n) is 5.85. The highest BCUT2D eigenvalue weighted by Gasteiger charge is 2.37. The zero-order chi connectivity index (χ0) is 22.7. The zero-order valence-corrected chi connectivity index (χ0v) is 19.0. The van der Waals surface area contributed by atoms with Crippen molar-refractivity contribution in [2.75, 3.05) is 11.1 Å². The lowest BCUT2D eigenvalue weighted by molar-refractivity contribution is -0.116. The molecule has 2 N–H and O–H groups in total. The maximum absolute atomic E-state index is 12.9. The smallest absolute Gasteiger partial charge is 0.234 e. The van der Waals surface area contributed by atoms with Gasteiger partial charge in [-0.25, -0.2) is 0 Å². The summed E-state index contributed by atoms with van der Waals surface area (Å²) in [6.07, 6.45) is 2.06. The maximum Gasteiger partial charge on any atom is 0.234 e. The SMILES string of the molecule is Cc1ccc(NC(=O)CSC2=C(C#N)[C@@H](c3ccccc3C)C3=C(CCCC3=O)N2)cc1. The van der Waals surface area contributed by atoms with Gasteiger partial charge in [-0.15, -0.1) is 0 Å². The number of rotatable bonds is 5. The molecule has 2 aliphatic rings. The Morgan fingerprint density at radius 2 is 1.91 bits per heavy atom. The first-order valence-electron chi connectivity index (χ1n) is 10.7. The lowest BCUT2D eigenvalue weighted by Crippen LogP contribution is -2.32. The van der Waals surface area contributed by atoms with Gasteiger partial charge in [0.2, 0.25) is 5.91 Å². The van der Waals surface area contributed by atoms with Gasteiger partial charge in [0.1, 0.15) is 0 Å². The fraction of sp³-hybridized carbons (Fsp3) is 0.269. The number of thioether (sulfide) groups is 1. The first-order valence-corrected chi connectivity index (χ1v) is 11.7. The van der Waals surface area contributed by atoms with Gasteiger partial charge in [-0.05, 0) is 49.9 Å². The number of amides is 1. The van der Waals surface area contributed by atoms with Crippen LogP contribution >= 0.6 is 11.8 Å². The Morgan fingerprint density at radius 3 is 2.62 bits per heavy atom. The Labute approximate surface area is 192 Å². The fourth-order valence-corrected chi connectivity index (χ4v) is 5.09. The topological polar surface area (TPSA) is 82.0 Å². The van der Waals surface area contributed by atoms with Gasteiger partial charge in [-0.1, -0.05) is 53.7 Å². The minimum atomic E-state index is -0.395. The van der Waals surface area contributed by atoms with Crippen LogP contribution in [0.3, 0.4) is 0 Å². The molecule has 4 rings (SSSR count). The number of anilines is 1. The van der Waals surface area contributed by atoms with Crippen LogP contribution in [0.25, 0.3) is 0 Å². The molecule has 0 bridgehead atoms. The van der Waals surface area contributed by atoms with E-state index in [0.29, 0.717) is 22.6 Å². The number of nitrogens with zero attached hydrogens (tertiary/aromatic N) is 1. The van der Waals surface area contributed by atoms with Gasteiger partial charge in [-0.3, -0.25) is 9.59 Å². The van der Waals surface area contributed by atoms with Crippen LogP contribution in [-0.2, 0) is 9.59 Å². The third-order valence-corrected chi connectivity index (χ3v) is 6.86. The molecule has 1 heterocycles. The number of nitrogens with one attached hydrogen (secondary N) is 2. The van der Waals surface area contributed by atoms with Gasteiger partial charge in [0.15, 0.2) is 5.78 Å². The summed E-state index contributed by atoms with van der Waals surface area (Å²) in [6, 6.07) is 17.9. The number of hydrogen-bond acceptors (Lipinski definition) is 5. The van der Waals surface area contributed by atoms with Crippen LogP contribution in [0.15, 0.2) is 70.4 Å². The summed E-state index contributed by atoms with van der Waals surface area (Å²) in [4.78, 5) is 25.4. The van der Waals surface area contributed by atoms with E-state index in [1.165, 1.54) is 11.8 Å². The van der Waals surface area contributed by atoms with E-state index in [9.17, 15) is 14.9 Å². The molecule has 0 aromatic heterocycles. The highest BCUT2D eigenvalue weighted by molar-refractivity contribution is 8.03. The molecule has 1 amide bonds. The molecule has 2 aromatic carbocycles. The van der Waals surface area contributed by atoms with E-state index < -0.39 is 5.92 Å². The minimum Gasteiger partial charge on any atom is -0.352 e. The van der Waals surface area contributed by atoms with Gasteiger partial charge in [-0.2, -0.15) is 5.26 Å². The summed E-state index contributed by atoms with van der Waals surface area (Å²) in [5.74, 6) is -0.274. The Bertz CT molecular complexity index is 1170. The van der Waals surface area contributed by atoms with Crippen LogP contribution in [0.5, 0.6) is 0 Å². The van der Waals surface area contributed by atoms with E-state index >= 15 is 0 Å². The number of carbonyl (C=O) groups excluding carboxylic acids is 2. The number of dihydropyridines is 1. The molecule has 162 valence electrons. The predicted octanol–water partition coefficient (Wildman–Crippen LogP) is 5.10. The average molecular weight is 444 g/mol. The van der Waals surface area contributed by atoms with Crippen molar-refractivity contribution >= 4 is 29.1 Å². The second kappa shape index (κ2) is 9.46. The quantitative estimate of drug-likeness (QED) is 0.671. The van der Waals surface area contributed by atoms with Crippen LogP contribution in [0, 0.1) is 25.2 Å². The van der Waals surface area contributed by atoms with Crippen LogP contribution < -0.4 is 10.6 Å². The Balaban J connectivity index is 1.62. The van der Waals surface area contributed by atoms with Crippen molar-refractivity contribution in [3.05, 3.63) is 87.1 Å². The van der Waals surface area contributed by atoms with E-state index in [4.69, 9.17) is 0 Å². The highest BCUT2D eigenvalue weighted by Crippen LogP contribution is 2.44. The molecule has 5 nitrogen and oxygen atoms in total. The first kappa shape index (κ1) is 21.9. The predicted molar refractivity (Wildman–Crippen MR) is 128 cm³/mol. The van der Waals surface area contributed by atoms with Crippen LogP contribution in [-0.4, -0.2) is 17.4 Å². The minimum absolute atomic E-state index is 0.0981. The van der Waals surface area contributed by atoms with Crippen molar-refractivity contribution in [2.45, 2.75) is 39.0 Å². The molecule has 2 aromatic rings. The monoisotopic (exact) mass is 443 g/mol. The second-order valence-electron chi connectivity index (χ2n) is 8.14. The maximum atomic E-state index is 12.9. The number of allylic oxidation sites excluding steroid dienone is 3. The number of Topliss-reactive ketones (excluding diaryl/α,β-unsaturated/α-hetero) is 1. The third kappa shape index (κ3) is 4.49. The molecule has 0 fully saturated rings. The van der Waals surface area contributed by atoms with Crippen molar-refractivity contribution in [3.8, 4) is 6.07 Å². The first-order chi connectivity index (χ1) is 15.5. The van der Waals surface area contributed by atoms with Crippen molar-refractivity contribution in [1.82, 2.24) is 5.32 Å². The summed E-state index contributed by atoms with van der Waals surface area (Å²) in [5, 5.41) is 17.0. The second-order valence-corrected chi connectivity index (χ2v) is 9.13. The number of carbonyl (C=O) groups is 2. The van der Waals surface area contributed by atoms with Crippen molar-refractivity contribution in [2.24, 2.45) is 0 Å². The molecule has 1 atom stereocenters. The van der Waals surface area contributed by atoms with E-state index in [1.807, 2.05) is 62.4 Å². The number of hydrogen-bond donors (Lipinski definition) is 2. The molecule has 6 heteroatoms. The van der Waals surface area contributed by atoms with Crippen LogP contribution in [0.4, 0.5) is 5.69 Å². The Hall–Kier alpha value is -3.30. The Kier molecular flexibility index (Phi) is 6.48. The van der Waals surface area contributed by atoms with E-state index in [1.54, 1.807) is 0 Å². The van der Waals surface area contributed by atoms with Gasteiger partial charge in [0.05, 0.1) is 28.3 Å². The van der Waals surface area contributed by atoms with E-state index in [-0.39, 0.29) is 17.4 Å². The summed E-state index contributed by atoms with van der Waals surface area (Å²) >= 11 is 1.31. The molecule has 32 heavy (non-hydrogen) atoms. The van der Waals surface area contributed by atoms with Crippen molar-refractivity contribution in [3.63, 3.8) is 0 Å². The normalized spacial score (nSPS) is 18.0. The standard InChI is InChI=1S/C26H25N3O2S/c1-16-10-12-18(13-11-16)28-23(31)15-32-26-20(14-27)24(19-7-4-3-6-17(19)2)25-21(29-26)8-5-9-22(25)30/h3-4,6-7,10-13,24,29H,5,8-9,15H2,1-2H3,(H,28,31)/t24-/m1/s1. The number of benzene rings is 2. The molecule has 1 aliphatic carbocycles. The summed E-state index contributed by atoms with van der Waals surface area (Å²) in [6.45, 7) is 4.00. The largest absolute Gasteiger partial charge is 0.352 e. The van der Waals surface area contributed by atoms with Crippen molar-refractivity contribution < 1.29 is 9.59 Å². The van der Waals surface area contributed by atoms with Gasteiger partial charge < -0.3 is 10.6 Å². The fourth-order valence-electron chi connectivity index (χ4n) is 4.23. The van der Waals surface area contributed by atoms with Crippen molar-refractivity contribution in [1.29, 1.82) is 5.26 Å². The molecule has 0 radical (unpaired) electrons. The summed E-state index contributed by atoms with van der Waals surface area (Å²) in [5.41, 5.74) is 5.97. The van der Waals surface area contributed by atoms with Gasteiger partial charge in [0.25, 0.3) is 0 Å². The molecule has 0 spiro atoms. The molecule has 1 aliphatic heterocycles. The van der Waals surface area contributed by atoms with E-state index in [2.05, 4.69) is 16.7 Å². The van der Waals surface area contributed by atoms with Gasteiger partial charge in [0, 0.05) is 23.4 Å². The van der Waals surface area contributed by atoms with E-state index in [0.717, 1.165) is 40.9 Å². The summed E-state index contributed by atoms with van der Waals surface area (Å²) in [7, 11) is 0. The van der Waals surface area contributed by atoms with Gasteiger partial charge >= 0.3 is 0 Å². The zero-order valence-electron chi connectivity index (χ0n) is 18.2. The lowest BCUT2D eigenvalue weighted by atomic mass is 9.76. The molecule has 0 saturated heterocycles. The Morgan fingerprint density at radius 1 is 1.16 bits per heavy atom. The number of nitriles is 1. The average Bonchev–Trinajstić information content (AvgIpc) is 2.79. The highest BCUT2D eigenvalue weighted by atomic mass is 32.2. The van der Waals surface area contributed by atoms with Crippen LogP contribution in [0.2, 0.25) is 0 Å². The number of aryl methyl sites for hydroxylation is 2. The molecule has 0 saturated carbocycles. The number of ketones is 1. The van der Waals surface area contributed by atoms with Crippen LogP contribution in [0.1, 0.15) is 41.9 Å². The molecular formula is C26H25N3O2S. The molecule has 0 unspecified atom stereocenters. The lowest BCUT2D eigenvalue weighted by Gasteiger charge is -2.33.